The number of amides is 1. The molecule has 1 amide bonds. The molecule has 3 N–H and O–H groups in total. The molecule has 0 aliphatic heterocycles. The zero-order chi connectivity index (χ0) is 27.7. The van der Waals surface area contributed by atoms with E-state index in [1.54, 1.807) is 6.92 Å². The van der Waals surface area contributed by atoms with E-state index < -0.39 is 0 Å². The van der Waals surface area contributed by atoms with Crippen LogP contribution in [-0.2, 0) is 14.3 Å². The average Bonchev–Trinajstić information content (AvgIpc) is 3.22. The van der Waals surface area contributed by atoms with Crippen LogP contribution in [0.4, 0.5) is 0 Å². The van der Waals surface area contributed by atoms with Gasteiger partial charge in [0, 0.05) is 44.6 Å². The lowest BCUT2D eigenvalue weighted by Crippen LogP contribution is -2.62. The molecule has 0 aromatic heterocycles. The van der Waals surface area contributed by atoms with E-state index in [-0.39, 0.29) is 11.9 Å². The standard InChI is InChI=1S/C32H57N3O3/c1-20(2)33-16-17-34-24-12-14-31(5)23(18-24)19-28(35-22(4)36)30-26-10-9-25(21(3)8-11-29(37)38-7)32(26,6)15-13-27(30)31/h20-21,23-28,30,33-34H,8-19H2,1-7H3,(H,35,36)/t21?,23-,24?,25?,26?,27?,28?,30?,31?,32?/m1/s1. The number of carbonyl (C=O) groups is 2. The van der Waals surface area contributed by atoms with E-state index in [4.69, 9.17) is 4.74 Å². The molecule has 4 aliphatic carbocycles. The molecule has 6 nitrogen and oxygen atoms in total. The highest BCUT2D eigenvalue weighted by Gasteiger charge is 2.63. The van der Waals surface area contributed by atoms with Gasteiger partial charge in [-0.3, -0.25) is 9.59 Å². The molecular formula is C32H57N3O3. The van der Waals surface area contributed by atoms with Gasteiger partial charge in [0.25, 0.3) is 0 Å². The molecule has 218 valence electrons. The Morgan fingerprint density at radius 2 is 1.66 bits per heavy atom. The summed E-state index contributed by atoms with van der Waals surface area (Å²) in [5.41, 5.74) is 0.683. The van der Waals surface area contributed by atoms with Crippen molar-refractivity contribution in [2.45, 2.75) is 124 Å². The zero-order valence-corrected chi connectivity index (χ0v) is 25.4. The molecule has 9 unspecified atom stereocenters. The van der Waals surface area contributed by atoms with Gasteiger partial charge >= 0.3 is 5.97 Å². The van der Waals surface area contributed by atoms with Gasteiger partial charge in [0.15, 0.2) is 0 Å². The molecule has 38 heavy (non-hydrogen) atoms. The van der Waals surface area contributed by atoms with Crippen molar-refractivity contribution in [3.63, 3.8) is 0 Å². The number of rotatable bonds is 10. The lowest BCUT2D eigenvalue weighted by atomic mass is 9.43. The Bertz CT molecular complexity index is 833. The number of esters is 1. The van der Waals surface area contributed by atoms with Crippen LogP contribution < -0.4 is 16.0 Å². The summed E-state index contributed by atoms with van der Waals surface area (Å²) in [6.45, 7) is 15.7. The molecule has 6 heteroatoms. The van der Waals surface area contributed by atoms with E-state index in [0.717, 1.165) is 25.9 Å². The third kappa shape index (κ3) is 5.96. The van der Waals surface area contributed by atoms with E-state index in [0.29, 0.717) is 70.9 Å². The van der Waals surface area contributed by atoms with Gasteiger partial charge in [0.2, 0.25) is 5.91 Å². The first-order valence-electron chi connectivity index (χ1n) is 15.8. The summed E-state index contributed by atoms with van der Waals surface area (Å²) < 4.78 is 4.94. The largest absolute Gasteiger partial charge is 0.469 e. The monoisotopic (exact) mass is 531 g/mol. The summed E-state index contributed by atoms with van der Waals surface area (Å²) in [5.74, 6) is 3.85. The van der Waals surface area contributed by atoms with Crippen molar-refractivity contribution in [2.24, 2.45) is 46.3 Å². The maximum absolute atomic E-state index is 12.5. The number of ether oxygens (including phenoxy) is 1. The second-order valence-corrected chi connectivity index (χ2v) is 14.4. The predicted molar refractivity (Wildman–Crippen MR) is 154 cm³/mol. The third-order valence-electron chi connectivity index (χ3n) is 12.0. The topological polar surface area (TPSA) is 79.5 Å². The highest BCUT2D eigenvalue weighted by Crippen LogP contribution is 2.68. The third-order valence-corrected chi connectivity index (χ3v) is 12.0. The molecular weight excluding hydrogens is 474 g/mol. The quantitative estimate of drug-likeness (QED) is 0.263. The Morgan fingerprint density at radius 1 is 0.947 bits per heavy atom. The SMILES string of the molecule is COC(=O)CCC(C)C1CCC2C3C(NC(C)=O)C[C@H]4CC(NCCNC(C)C)CCC4(C)C3CCC12C. The lowest BCUT2D eigenvalue weighted by Gasteiger charge is -2.63. The number of hydrogen-bond donors (Lipinski definition) is 3. The van der Waals surface area contributed by atoms with E-state index >= 15 is 0 Å². The highest BCUT2D eigenvalue weighted by molar-refractivity contribution is 5.73. The molecule has 0 aromatic rings. The van der Waals surface area contributed by atoms with Crippen LogP contribution in [0.2, 0.25) is 0 Å². The van der Waals surface area contributed by atoms with Crippen LogP contribution in [0.3, 0.4) is 0 Å². The lowest BCUT2D eigenvalue weighted by molar-refractivity contribution is -0.142. The van der Waals surface area contributed by atoms with Crippen LogP contribution in [0.25, 0.3) is 0 Å². The van der Waals surface area contributed by atoms with E-state index in [9.17, 15) is 9.59 Å². The normalized spacial score (nSPS) is 41.1. The molecule has 4 fully saturated rings. The second kappa shape index (κ2) is 12.2. The minimum atomic E-state index is -0.0847. The average molecular weight is 532 g/mol. The van der Waals surface area contributed by atoms with Gasteiger partial charge in [-0.25, -0.2) is 0 Å². The Labute approximate surface area is 232 Å². The fourth-order valence-electron chi connectivity index (χ4n) is 10.1. The van der Waals surface area contributed by atoms with Crippen molar-refractivity contribution in [1.82, 2.24) is 16.0 Å². The number of nitrogens with one attached hydrogen (secondary N) is 3. The van der Waals surface area contributed by atoms with Crippen molar-refractivity contribution in [3.8, 4) is 0 Å². The zero-order valence-electron chi connectivity index (χ0n) is 25.4. The number of carbonyl (C=O) groups excluding carboxylic acids is 2. The minimum absolute atomic E-state index is 0.0847. The molecule has 0 radical (unpaired) electrons. The van der Waals surface area contributed by atoms with Crippen LogP contribution >= 0.6 is 0 Å². The minimum Gasteiger partial charge on any atom is -0.469 e. The van der Waals surface area contributed by atoms with Gasteiger partial charge < -0.3 is 20.7 Å². The number of hydrogen-bond acceptors (Lipinski definition) is 5. The van der Waals surface area contributed by atoms with Crippen LogP contribution in [0.15, 0.2) is 0 Å². The summed E-state index contributed by atoms with van der Waals surface area (Å²) in [4.78, 5) is 24.3. The van der Waals surface area contributed by atoms with Crippen LogP contribution in [-0.4, -0.2) is 50.2 Å². The van der Waals surface area contributed by atoms with E-state index in [2.05, 4.69) is 50.6 Å². The van der Waals surface area contributed by atoms with Gasteiger partial charge in [-0.1, -0.05) is 34.6 Å². The number of methoxy groups -OCH3 is 1. The summed E-state index contributed by atoms with van der Waals surface area (Å²) in [7, 11) is 1.49. The molecule has 0 saturated heterocycles. The first kappa shape index (κ1) is 29.8. The number of fused-ring (bicyclic) bond motifs is 5. The summed E-state index contributed by atoms with van der Waals surface area (Å²) in [6.07, 6.45) is 11.5. The molecule has 0 aromatic carbocycles. The Kier molecular flexibility index (Phi) is 9.55. The Balaban J connectivity index is 1.49. The molecule has 4 saturated carbocycles. The summed E-state index contributed by atoms with van der Waals surface area (Å²) >= 11 is 0. The first-order valence-corrected chi connectivity index (χ1v) is 15.8. The molecule has 0 spiro atoms. The van der Waals surface area contributed by atoms with Crippen molar-refractivity contribution in [3.05, 3.63) is 0 Å². The van der Waals surface area contributed by atoms with Crippen molar-refractivity contribution in [1.29, 1.82) is 0 Å². The maximum atomic E-state index is 12.5. The van der Waals surface area contributed by atoms with Gasteiger partial charge in [-0.05, 0) is 104 Å². The first-order chi connectivity index (χ1) is 18.0. The van der Waals surface area contributed by atoms with Crippen molar-refractivity contribution in [2.75, 3.05) is 20.2 Å². The van der Waals surface area contributed by atoms with Crippen LogP contribution in [0.1, 0.15) is 106 Å². The highest BCUT2D eigenvalue weighted by atomic mass is 16.5. The van der Waals surface area contributed by atoms with E-state index in [1.807, 2.05) is 0 Å². The van der Waals surface area contributed by atoms with E-state index in [1.165, 1.54) is 52.1 Å². The molecule has 0 heterocycles. The molecule has 0 bridgehead atoms. The smallest absolute Gasteiger partial charge is 0.305 e. The molecule has 10 atom stereocenters. The maximum Gasteiger partial charge on any atom is 0.305 e. The van der Waals surface area contributed by atoms with Gasteiger partial charge in [0.1, 0.15) is 0 Å². The second-order valence-electron chi connectivity index (χ2n) is 14.4. The van der Waals surface area contributed by atoms with Crippen molar-refractivity contribution >= 4 is 11.9 Å². The molecule has 4 aliphatic rings. The van der Waals surface area contributed by atoms with Crippen LogP contribution in [0.5, 0.6) is 0 Å². The molecule has 4 rings (SSSR count). The summed E-state index contributed by atoms with van der Waals surface area (Å²) in [5, 5.41) is 10.9. The van der Waals surface area contributed by atoms with Gasteiger partial charge in [-0.15, -0.1) is 0 Å². The fraction of sp³-hybridized carbons (Fsp3) is 0.938. The Morgan fingerprint density at radius 3 is 2.34 bits per heavy atom. The van der Waals surface area contributed by atoms with Gasteiger partial charge in [-0.2, -0.15) is 0 Å². The Hall–Kier alpha value is -1.14. The van der Waals surface area contributed by atoms with Crippen LogP contribution in [0, 0.1) is 46.3 Å². The predicted octanol–water partition coefficient (Wildman–Crippen LogP) is 5.31. The van der Waals surface area contributed by atoms with Gasteiger partial charge in [0.05, 0.1) is 7.11 Å². The fourth-order valence-corrected chi connectivity index (χ4v) is 10.1. The summed E-state index contributed by atoms with van der Waals surface area (Å²) in [6, 6.07) is 1.42. The van der Waals surface area contributed by atoms with Crippen molar-refractivity contribution < 1.29 is 14.3 Å².